The molecule has 1 amide bonds. The van der Waals surface area contributed by atoms with Gasteiger partial charge in [0.1, 0.15) is 0 Å². The van der Waals surface area contributed by atoms with Crippen LogP contribution in [0.1, 0.15) is 32.9 Å². The van der Waals surface area contributed by atoms with Crippen LogP contribution >= 0.6 is 0 Å². The second-order valence-electron chi connectivity index (χ2n) is 7.77. The van der Waals surface area contributed by atoms with E-state index >= 15 is 0 Å². The number of ether oxygens (including phenoxy) is 2. The van der Waals surface area contributed by atoms with Crippen molar-refractivity contribution in [2.24, 2.45) is 12.0 Å². The monoisotopic (exact) mass is 449 g/mol. The highest BCUT2D eigenvalue weighted by molar-refractivity contribution is 6.10. The first kappa shape index (κ1) is 23.8. The minimum absolute atomic E-state index is 0.302. The van der Waals surface area contributed by atoms with E-state index in [9.17, 15) is 4.79 Å². The second kappa shape index (κ2) is 10.7. The molecule has 0 aliphatic heterocycles. The Morgan fingerprint density at radius 1 is 1.06 bits per heavy atom. The predicted molar refractivity (Wildman–Crippen MR) is 131 cm³/mol. The fraction of sp³-hybridized carbons (Fsp3) is 0.320. The second-order valence-corrected chi connectivity index (χ2v) is 7.77. The van der Waals surface area contributed by atoms with E-state index in [2.05, 4.69) is 20.7 Å². The lowest BCUT2D eigenvalue weighted by molar-refractivity contribution is 0.0976. The number of anilines is 1. The van der Waals surface area contributed by atoms with Crippen LogP contribution in [0.25, 0.3) is 0 Å². The van der Waals surface area contributed by atoms with E-state index in [1.165, 1.54) is 12.7 Å². The zero-order valence-electron chi connectivity index (χ0n) is 20.0. The molecule has 0 aliphatic carbocycles. The van der Waals surface area contributed by atoms with Gasteiger partial charge in [0.2, 0.25) is 5.96 Å². The maximum absolute atomic E-state index is 13.0. The number of guanidine groups is 1. The molecule has 1 heterocycles. The molecule has 0 saturated carbocycles. The molecule has 0 spiro atoms. The minimum atomic E-state index is -0.302. The van der Waals surface area contributed by atoms with E-state index in [4.69, 9.17) is 9.47 Å². The molecular weight excluding hydrogens is 418 g/mol. The highest BCUT2D eigenvalue weighted by atomic mass is 16.5. The van der Waals surface area contributed by atoms with Crippen LogP contribution in [0.2, 0.25) is 0 Å². The highest BCUT2D eigenvalue weighted by Crippen LogP contribution is 2.27. The van der Waals surface area contributed by atoms with Crippen molar-refractivity contribution in [1.29, 1.82) is 0 Å². The SMILES string of the molecule is COc1ccc(C(=O)NC(=NCCc2c(C)nn(C)c2C)Nc2cccc(C)c2)cc1OC. The summed E-state index contributed by atoms with van der Waals surface area (Å²) in [6.07, 6.45) is 0.719. The van der Waals surface area contributed by atoms with Crippen molar-refractivity contribution in [3.63, 3.8) is 0 Å². The van der Waals surface area contributed by atoms with Gasteiger partial charge in [-0.25, -0.2) is 0 Å². The smallest absolute Gasteiger partial charge is 0.258 e. The molecule has 8 nitrogen and oxygen atoms in total. The average molecular weight is 450 g/mol. The molecule has 0 fully saturated rings. The van der Waals surface area contributed by atoms with Crippen molar-refractivity contribution >= 4 is 17.6 Å². The molecule has 2 N–H and O–H groups in total. The van der Waals surface area contributed by atoms with Crippen molar-refractivity contribution < 1.29 is 14.3 Å². The fourth-order valence-corrected chi connectivity index (χ4v) is 3.59. The number of nitrogens with zero attached hydrogens (tertiary/aromatic N) is 3. The lowest BCUT2D eigenvalue weighted by atomic mass is 10.1. The molecule has 2 aromatic carbocycles. The van der Waals surface area contributed by atoms with Crippen molar-refractivity contribution in [3.8, 4) is 11.5 Å². The van der Waals surface area contributed by atoms with Crippen LogP contribution in [0, 0.1) is 20.8 Å². The van der Waals surface area contributed by atoms with E-state index in [0.717, 1.165) is 29.1 Å². The molecule has 33 heavy (non-hydrogen) atoms. The Bertz CT molecular complexity index is 1170. The summed E-state index contributed by atoms with van der Waals surface area (Å²) in [5.41, 5.74) is 5.66. The Labute approximate surface area is 194 Å². The first-order chi connectivity index (χ1) is 15.8. The van der Waals surface area contributed by atoms with Gasteiger partial charge in [0.15, 0.2) is 11.5 Å². The standard InChI is InChI=1S/C25H31N5O3/c1-16-8-7-9-20(14-16)27-25(26-13-12-21-17(2)29-30(4)18(21)3)28-24(31)19-10-11-22(32-5)23(15-19)33-6/h7-11,14-15H,12-13H2,1-6H3,(H2,26,27,28,31). The summed E-state index contributed by atoms with van der Waals surface area (Å²) in [6.45, 7) is 6.55. The number of aryl methyl sites for hydroxylation is 3. The van der Waals surface area contributed by atoms with Crippen LogP contribution in [0.5, 0.6) is 11.5 Å². The van der Waals surface area contributed by atoms with Gasteiger partial charge in [-0.3, -0.25) is 19.8 Å². The number of aromatic nitrogens is 2. The van der Waals surface area contributed by atoms with Crippen molar-refractivity contribution in [1.82, 2.24) is 15.1 Å². The number of hydrogen-bond donors (Lipinski definition) is 2. The summed E-state index contributed by atoms with van der Waals surface area (Å²) in [7, 11) is 5.02. The first-order valence-electron chi connectivity index (χ1n) is 10.7. The molecule has 8 heteroatoms. The summed E-state index contributed by atoms with van der Waals surface area (Å²) in [4.78, 5) is 17.6. The third-order valence-electron chi connectivity index (χ3n) is 5.45. The Kier molecular flexibility index (Phi) is 7.71. The number of aliphatic imine (C=N–C) groups is 1. The molecule has 0 aliphatic rings. The lowest BCUT2D eigenvalue weighted by Crippen LogP contribution is -2.36. The van der Waals surface area contributed by atoms with Crippen molar-refractivity contribution in [2.45, 2.75) is 27.2 Å². The molecule has 3 rings (SSSR count). The fourth-order valence-electron chi connectivity index (χ4n) is 3.59. The van der Waals surface area contributed by atoms with Gasteiger partial charge < -0.3 is 14.8 Å². The molecule has 1 aromatic heterocycles. The van der Waals surface area contributed by atoms with Gasteiger partial charge in [-0.2, -0.15) is 5.10 Å². The van der Waals surface area contributed by atoms with Crippen molar-refractivity contribution in [3.05, 3.63) is 70.5 Å². The quantitative estimate of drug-likeness (QED) is 0.423. The van der Waals surface area contributed by atoms with Gasteiger partial charge in [-0.05, 0) is 68.7 Å². The number of carbonyl (C=O) groups is 1. The summed E-state index contributed by atoms with van der Waals surface area (Å²) in [5.74, 6) is 1.11. The summed E-state index contributed by atoms with van der Waals surface area (Å²) in [5, 5.41) is 10.6. The third kappa shape index (κ3) is 5.91. The van der Waals surface area contributed by atoms with Crippen LogP contribution in [-0.4, -0.2) is 42.4 Å². The van der Waals surface area contributed by atoms with Gasteiger partial charge in [0.25, 0.3) is 5.91 Å². The van der Waals surface area contributed by atoms with E-state index in [0.29, 0.717) is 29.6 Å². The summed E-state index contributed by atoms with van der Waals surface area (Å²) >= 11 is 0. The Morgan fingerprint density at radius 3 is 2.45 bits per heavy atom. The number of benzene rings is 2. The number of rotatable bonds is 7. The molecule has 0 atom stereocenters. The Balaban J connectivity index is 1.81. The number of hydrogen-bond acceptors (Lipinski definition) is 5. The summed E-state index contributed by atoms with van der Waals surface area (Å²) in [6, 6.07) is 12.9. The normalized spacial score (nSPS) is 11.3. The predicted octanol–water partition coefficient (Wildman–Crippen LogP) is 3.80. The number of carbonyl (C=O) groups excluding carboxylic acids is 1. The molecule has 0 radical (unpaired) electrons. The molecular formula is C25H31N5O3. The van der Waals surface area contributed by atoms with Gasteiger partial charge in [0, 0.05) is 30.5 Å². The van der Waals surface area contributed by atoms with E-state index in [1.54, 1.807) is 25.3 Å². The maximum atomic E-state index is 13.0. The van der Waals surface area contributed by atoms with Gasteiger partial charge in [0.05, 0.1) is 19.9 Å². The van der Waals surface area contributed by atoms with Crippen molar-refractivity contribution in [2.75, 3.05) is 26.1 Å². The van der Waals surface area contributed by atoms with Crippen LogP contribution in [-0.2, 0) is 13.5 Å². The zero-order valence-corrected chi connectivity index (χ0v) is 20.0. The highest BCUT2D eigenvalue weighted by Gasteiger charge is 2.14. The van der Waals surface area contributed by atoms with Gasteiger partial charge in [-0.1, -0.05) is 12.1 Å². The van der Waals surface area contributed by atoms with E-state index in [1.807, 2.05) is 56.8 Å². The topological polar surface area (TPSA) is 89.8 Å². The summed E-state index contributed by atoms with van der Waals surface area (Å²) < 4.78 is 12.5. The van der Waals surface area contributed by atoms with Crippen LogP contribution < -0.4 is 20.1 Å². The zero-order chi connectivity index (χ0) is 24.0. The Hall–Kier alpha value is -3.81. The lowest BCUT2D eigenvalue weighted by Gasteiger charge is -2.14. The van der Waals surface area contributed by atoms with Gasteiger partial charge >= 0.3 is 0 Å². The first-order valence-corrected chi connectivity index (χ1v) is 10.7. The average Bonchev–Trinajstić information content (AvgIpc) is 3.04. The molecule has 3 aromatic rings. The van der Waals surface area contributed by atoms with Crippen LogP contribution in [0.3, 0.4) is 0 Å². The molecule has 0 bridgehead atoms. The van der Waals surface area contributed by atoms with Crippen LogP contribution in [0.4, 0.5) is 5.69 Å². The van der Waals surface area contributed by atoms with E-state index in [-0.39, 0.29) is 5.91 Å². The number of amides is 1. The van der Waals surface area contributed by atoms with E-state index < -0.39 is 0 Å². The minimum Gasteiger partial charge on any atom is -0.493 e. The molecule has 0 saturated heterocycles. The maximum Gasteiger partial charge on any atom is 0.258 e. The van der Waals surface area contributed by atoms with Crippen LogP contribution in [0.15, 0.2) is 47.5 Å². The Morgan fingerprint density at radius 2 is 1.82 bits per heavy atom. The molecule has 174 valence electrons. The third-order valence-corrected chi connectivity index (χ3v) is 5.45. The largest absolute Gasteiger partial charge is 0.493 e. The van der Waals surface area contributed by atoms with Gasteiger partial charge in [-0.15, -0.1) is 0 Å². The number of nitrogens with one attached hydrogen (secondary N) is 2. The molecule has 0 unspecified atom stereocenters. The number of methoxy groups -OCH3 is 2.